The maximum atomic E-state index is 12.3. The van der Waals surface area contributed by atoms with E-state index >= 15 is 0 Å². The molecule has 2 aromatic carbocycles. The highest BCUT2D eigenvalue weighted by molar-refractivity contribution is 5.92. The molecule has 0 spiro atoms. The van der Waals surface area contributed by atoms with Crippen molar-refractivity contribution in [2.75, 3.05) is 19.7 Å². The molecule has 0 unspecified atom stereocenters. The number of imidazole rings is 1. The van der Waals surface area contributed by atoms with Gasteiger partial charge < -0.3 is 25.0 Å². The summed E-state index contributed by atoms with van der Waals surface area (Å²) in [6.45, 7) is 3.97. The highest BCUT2D eigenvalue weighted by atomic mass is 16.5. The topological polar surface area (TPSA) is 123 Å². The number of benzene rings is 2. The first kappa shape index (κ1) is 24.0. The number of ether oxygens (including phenoxy) is 1. The molecule has 9 heteroatoms. The summed E-state index contributed by atoms with van der Waals surface area (Å²) >= 11 is 0. The first-order valence-electron chi connectivity index (χ1n) is 11.4. The third-order valence-electron chi connectivity index (χ3n) is 6.12. The number of carbonyl (C=O) groups is 3. The first-order valence-corrected chi connectivity index (χ1v) is 11.4. The van der Waals surface area contributed by atoms with Gasteiger partial charge in [-0.3, -0.25) is 9.59 Å². The predicted octanol–water partition coefficient (Wildman–Crippen LogP) is 3.26. The summed E-state index contributed by atoms with van der Waals surface area (Å²) in [7, 11) is 0. The van der Waals surface area contributed by atoms with Crippen LogP contribution in [0, 0.1) is 5.41 Å². The SMILES string of the molecule is CC(C)(CNC(=O)c1cn(CCNC(=O)OCC2c3ccccc3-c3ccccc32)cn1)C(=O)O. The molecule has 35 heavy (non-hydrogen) atoms. The van der Waals surface area contributed by atoms with Crippen LogP contribution in [0.15, 0.2) is 61.1 Å². The monoisotopic (exact) mass is 476 g/mol. The third-order valence-corrected chi connectivity index (χ3v) is 6.12. The molecule has 0 atom stereocenters. The van der Waals surface area contributed by atoms with Crippen molar-refractivity contribution >= 4 is 18.0 Å². The predicted molar refractivity (Wildman–Crippen MR) is 129 cm³/mol. The molecular formula is C26H28N4O5. The molecule has 0 fully saturated rings. The fraction of sp³-hybridized carbons (Fsp3) is 0.308. The van der Waals surface area contributed by atoms with Gasteiger partial charge in [0.2, 0.25) is 0 Å². The Kier molecular flexibility index (Phi) is 6.86. The number of nitrogens with zero attached hydrogens (tertiary/aromatic N) is 2. The minimum Gasteiger partial charge on any atom is -0.481 e. The summed E-state index contributed by atoms with van der Waals surface area (Å²) in [6.07, 6.45) is 2.51. The average Bonchev–Trinajstić information content (AvgIpc) is 3.44. The summed E-state index contributed by atoms with van der Waals surface area (Å²) < 4.78 is 7.18. The quantitative estimate of drug-likeness (QED) is 0.436. The average molecular weight is 477 g/mol. The van der Waals surface area contributed by atoms with Gasteiger partial charge in [0.15, 0.2) is 0 Å². The van der Waals surface area contributed by atoms with Crippen LogP contribution < -0.4 is 10.6 Å². The van der Waals surface area contributed by atoms with Gasteiger partial charge in [-0.15, -0.1) is 0 Å². The van der Waals surface area contributed by atoms with E-state index in [1.165, 1.54) is 31.3 Å². The van der Waals surface area contributed by atoms with Crippen LogP contribution in [0.5, 0.6) is 0 Å². The minimum atomic E-state index is -1.08. The van der Waals surface area contributed by atoms with Crippen LogP contribution in [0.3, 0.4) is 0 Å². The molecule has 0 radical (unpaired) electrons. The Labute approximate surface area is 203 Å². The van der Waals surface area contributed by atoms with Crippen molar-refractivity contribution in [1.82, 2.24) is 20.2 Å². The number of aromatic nitrogens is 2. The van der Waals surface area contributed by atoms with Crippen LogP contribution in [0.4, 0.5) is 4.79 Å². The lowest BCUT2D eigenvalue weighted by Crippen LogP contribution is -2.39. The summed E-state index contributed by atoms with van der Waals surface area (Å²) in [5.74, 6) is -1.46. The van der Waals surface area contributed by atoms with Crippen molar-refractivity contribution in [3.05, 3.63) is 77.9 Å². The van der Waals surface area contributed by atoms with Gasteiger partial charge in [-0.2, -0.15) is 0 Å². The summed E-state index contributed by atoms with van der Waals surface area (Å²) in [4.78, 5) is 39.7. The highest BCUT2D eigenvalue weighted by Gasteiger charge is 2.29. The molecule has 0 saturated heterocycles. The summed E-state index contributed by atoms with van der Waals surface area (Å²) in [5, 5.41) is 14.4. The molecule has 1 aliphatic carbocycles. The molecule has 0 saturated carbocycles. The van der Waals surface area contributed by atoms with Crippen molar-refractivity contribution < 1.29 is 24.2 Å². The van der Waals surface area contributed by atoms with Crippen LogP contribution in [-0.4, -0.2) is 52.3 Å². The van der Waals surface area contributed by atoms with Gasteiger partial charge in [0.05, 0.1) is 11.7 Å². The second-order valence-electron chi connectivity index (χ2n) is 9.12. The number of aliphatic carboxylic acids is 1. The Morgan fingerprint density at radius 2 is 1.66 bits per heavy atom. The van der Waals surface area contributed by atoms with E-state index in [0.717, 1.165) is 11.1 Å². The molecule has 1 heterocycles. The molecular weight excluding hydrogens is 448 g/mol. The molecule has 2 amide bonds. The molecule has 3 N–H and O–H groups in total. The van der Waals surface area contributed by atoms with Gasteiger partial charge in [-0.25, -0.2) is 9.78 Å². The maximum absolute atomic E-state index is 12.3. The van der Waals surface area contributed by atoms with Gasteiger partial charge in [0.25, 0.3) is 5.91 Å². The van der Waals surface area contributed by atoms with E-state index in [9.17, 15) is 14.4 Å². The number of alkyl carbamates (subject to hydrolysis) is 1. The normalized spacial score (nSPS) is 12.5. The molecule has 182 valence electrons. The highest BCUT2D eigenvalue weighted by Crippen LogP contribution is 2.44. The number of carbonyl (C=O) groups excluding carboxylic acids is 2. The summed E-state index contributed by atoms with van der Waals surface area (Å²) in [5.41, 5.74) is 3.74. The van der Waals surface area contributed by atoms with Gasteiger partial charge in [-0.1, -0.05) is 48.5 Å². The van der Waals surface area contributed by atoms with Crippen molar-refractivity contribution in [1.29, 1.82) is 0 Å². The van der Waals surface area contributed by atoms with Crippen LogP contribution in [0.2, 0.25) is 0 Å². The number of hydrogen-bond donors (Lipinski definition) is 3. The van der Waals surface area contributed by atoms with Gasteiger partial charge >= 0.3 is 12.1 Å². The fourth-order valence-corrected chi connectivity index (χ4v) is 4.00. The lowest BCUT2D eigenvalue weighted by Gasteiger charge is -2.18. The number of hydrogen-bond acceptors (Lipinski definition) is 5. The Morgan fingerprint density at radius 3 is 2.29 bits per heavy atom. The molecule has 3 aromatic rings. The molecule has 1 aliphatic rings. The van der Waals surface area contributed by atoms with E-state index in [2.05, 4.69) is 39.9 Å². The molecule has 1 aromatic heterocycles. The van der Waals surface area contributed by atoms with Crippen LogP contribution >= 0.6 is 0 Å². The zero-order chi connectivity index (χ0) is 25.0. The number of fused-ring (bicyclic) bond motifs is 3. The van der Waals surface area contributed by atoms with Crippen LogP contribution in [0.25, 0.3) is 11.1 Å². The first-order chi connectivity index (χ1) is 16.8. The van der Waals surface area contributed by atoms with Crippen LogP contribution in [-0.2, 0) is 16.1 Å². The fourth-order valence-electron chi connectivity index (χ4n) is 4.00. The third kappa shape index (κ3) is 5.34. The number of carboxylic acids is 1. The van der Waals surface area contributed by atoms with Gasteiger partial charge in [0.1, 0.15) is 12.3 Å². The number of nitrogens with one attached hydrogen (secondary N) is 2. The Hall–Kier alpha value is -4.14. The maximum Gasteiger partial charge on any atom is 0.407 e. The van der Waals surface area contributed by atoms with E-state index < -0.39 is 23.4 Å². The van der Waals surface area contributed by atoms with Crippen LogP contribution in [0.1, 0.15) is 41.4 Å². The standard InChI is InChI=1S/C26H28N4O5/c1-26(2,24(32)33)15-28-23(31)22-13-30(16-29-22)12-11-27-25(34)35-14-21-19-9-5-3-7-17(19)18-8-4-6-10-20(18)21/h3-10,13,16,21H,11-12,14-15H2,1-2H3,(H,27,34)(H,28,31)(H,32,33). The second-order valence-corrected chi connectivity index (χ2v) is 9.12. The van der Waals surface area contributed by atoms with E-state index in [-0.39, 0.29) is 24.8 Å². The van der Waals surface area contributed by atoms with Crippen molar-refractivity contribution in [2.45, 2.75) is 26.3 Å². The zero-order valence-corrected chi connectivity index (χ0v) is 19.7. The number of amides is 2. The zero-order valence-electron chi connectivity index (χ0n) is 19.7. The van der Waals surface area contributed by atoms with E-state index in [0.29, 0.717) is 13.1 Å². The Balaban J connectivity index is 1.24. The second kappa shape index (κ2) is 10.0. The smallest absolute Gasteiger partial charge is 0.407 e. The number of rotatable bonds is 9. The largest absolute Gasteiger partial charge is 0.481 e. The molecule has 0 aliphatic heterocycles. The van der Waals surface area contributed by atoms with E-state index in [1.807, 2.05) is 24.3 Å². The number of carboxylic acid groups (broad SMARTS) is 1. The Morgan fingerprint density at radius 1 is 1.03 bits per heavy atom. The van der Waals surface area contributed by atoms with Gasteiger partial charge in [0, 0.05) is 31.7 Å². The van der Waals surface area contributed by atoms with Gasteiger partial charge in [-0.05, 0) is 36.1 Å². The molecule has 0 bridgehead atoms. The molecule has 4 rings (SSSR count). The van der Waals surface area contributed by atoms with Crippen molar-refractivity contribution in [2.24, 2.45) is 5.41 Å². The minimum absolute atomic E-state index is 0.00558. The Bertz CT molecular complexity index is 1200. The lowest BCUT2D eigenvalue weighted by molar-refractivity contribution is -0.146. The van der Waals surface area contributed by atoms with E-state index in [4.69, 9.17) is 9.84 Å². The summed E-state index contributed by atoms with van der Waals surface area (Å²) in [6, 6.07) is 16.3. The molecule has 9 nitrogen and oxygen atoms in total. The van der Waals surface area contributed by atoms with Crippen molar-refractivity contribution in [3.8, 4) is 11.1 Å². The van der Waals surface area contributed by atoms with E-state index in [1.54, 1.807) is 10.8 Å². The van der Waals surface area contributed by atoms with Crippen molar-refractivity contribution in [3.63, 3.8) is 0 Å². The lowest BCUT2D eigenvalue weighted by atomic mass is 9.94.